The summed E-state index contributed by atoms with van der Waals surface area (Å²) in [6.07, 6.45) is -1.15. The lowest BCUT2D eigenvalue weighted by molar-refractivity contribution is -0.136. The van der Waals surface area contributed by atoms with Gasteiger partial charge in [0.05, 0.1) is 5.39 Å². The Kier molecular flexibility index (Phi) is 6.84. The summed E-state index contributed by atoms with van der Waals surface area (Å²) in [6.45, 7) is 7.04. The van der Waals surface area contributed by atoms with Crippen LogP contribution in [0.5, 0.6) is 0 Å². The maximum Gasteiger partial charge on any atom is 0.265 e. The lowest BCUT2D eigenvalue weighted by Crippen LogP contribution is -2.51. The number of benzene rings is 2. The van der Waals surface area contributed by atoms with E-state index in [1.54, 1.807) is 30.9 Å². The number of carbonyl (C=O) groups excluding carboxylic acids is 1. The van der Waals surface area contributed by atoms with Crippen molar-refractivity contribution in [2.45, 2.75) is 46.1 Å². The molecule has 2 heterocycles. The van der Waals surface area contributed by atoms with Crippen LogP contribution in [0.4, 0.5) is 29.1 Å². The van der Waals surface area contributed by atoms with Crippen molar-refractivity contribution in [3.05, 3.63) is 69.0 Å². The number of amides is 1. The number of rotatable bonds is 6. The lowest BCUT2D eigenvalue weighted by Gasteiger charge is -2.38. The van der Waals surface area contributed by atoms with Crippen molar-refractivity contribution in [2.24, 2.45) is 12.5 Å². The minimum Gasteiger partial charge on any atom is -0.378 e. The number of nitrogens with zero attached hydrogens (tertiary/aromatic N) is 3. The average Bonchev–Trinajstić information content (AvgIpc) is 3.66. The Balaban J connectivity index is 1.53. The summed E-state index contributed by atoms with van der Waals surface area (Å²) in [5, 5.41) is 3.27. The number of nitrogens with one attached hydrogen (secondary N) is 1. The second-order valence-corrected chi connectivity index (χ2v) is 11.0. The third kappa shape index (κ3) is 4.85. The number of fused-ring (bicyclic) bond motifs is 1. The fraction of sp³-hybridized carbons (Fsp3) is 0.448. The van der Waals surface area contributed by atoms with Crippen LogP contribution >= 0.6 is 0 Å². The number of aromatic nitrogens is 1. The maximum atomic E-state index is 16.4. The van der Waals surface area contributed by atoms with Crippen LogP contribution in [0.1, 0.15) is 55.8 Å². The smallest absolute Gasteiger partial charge is 0.265 e. The summed E-state index contributed by atoms with van der Waals surface area (Å²) >= 11 is 0. The highest BCUT2D eigenvalue weighted by atomic mass is 19.3. The van der Waals surface area contributed by atoms with Crippen LogP contribution in [-0.4, -0.2) is 41.6 Å². The first kappa shape index (κ1) is 27.0. The third-order valence-corrected chi connectivity index (χ3v) is 8.05. The molecule has 0 bridgehead atoms. The van der Waals surface area contributed by atoms with Gasteiger partial charge in [0.2, 0.25) is 5.91 Å². The van der Waals surface area contributed by atoms with Crippen LogP contribution in [0.25, 0.3) is 10.8 Å². The molecule has 39 heavy (non-hydrogen) atoms. The summed E-state index contributed by atoms with van der Waals surface area (Å²) < 4.78 is 58.6. The van der Waals surface area contributed by atoms with E-state index >= 15 is 4.39 Å². The molecule has 1 unspecified atom stereocenters. The first-order valence-electron chi connectivity index (χ1n) is 13.1. The number of halogens is 4. The predicted molar refractivity (Wildman–Crippen MR) is 143 cm³/mol. The van der Waals surface area contributed by atoms with E-state index in [1.807, 2.05) is 11.8 Å². The fourth-order valence-corrected chi connectivity index (χ4v) is 5.52. The summed E-state index contributed by atoms with van der Waals surface area (Å²) in [5.41, 5.74) is 0.0169. The number of hydrogen-bond acceptors (Lipinski definition) is 4. The Labute approximate surface area is 224 Å². The summed E-state index contributed by atoms with van der Waals surface area (Å²) in [7, 11) is 1.53. The number of alkyl halides is 2. The SMILES string of the molecule is Cc1cc(C(C)Nc2ccc(F)cc2C(F)F)c2c(F)c(N3CCN(C(=O)C4(C)CC4)CC3)n(C)c(=O)c2c1. The molecule has 1 aliphatic heterocycles. The van der Waals surface area contributed by atoms with Crippen molar-refractivity contribution < 1.29 is 22.4 Å². The topological polar surface area (TPSA) is 57.6 Å². The molecule has 3 aromatic rings. The molecule has 10 heteroatoms. The monoisotopic (exact) mass is 544 g/mol. The zero-order valence-electron chi connectivity index (χ0n) is 22.5. The second-order valence-electron chi connectivity index (χ2n) is 11.0. The summed E-state index contributed by atoms with van der Waals surface area (Å²) in [6, 6.07) is 5.75. The van der Waals surface area contributed by atoms with Crippen molar-refractivity contribution in [1.29, 1.82) is 0 Å². The van der Waals surface area contributed by atoms with E-state index in [-0.39, 0.29) is 39.2 Å². The van der Waals surface area contributed by atoms with Gasteiger partial charge in [0.1, 0.15) is 11.6 Å². The molecule has 1 saturated heterocycles. The van der Waals surface area contributed by atoms with Crippen molar-refractivity contribution >= 4 is 28.2 Å². The highest BCUT2D eigenvalue weighted by Crippen LogP contribution is 2.46. The molecule has 2 aromatic carbocycles. The van der Waals surface area contributed by atoms with Crippen LogP contribution in [-0.2, 0) is 11.8 Å². The molecule has 208 valence electrons. The van der Waals surface area contributed by atoms with Crippen LogP contribution in [0.15, 0.2) is 35.1 Å². The number of hydrogen-bond donors (Lipinski definition) is 1. The van der Waals surface area contributed by atoms with Crippen molar-refractivity contribution in [2.75, 3.05) is 36.4 Å². The van der Waals surface area contributed by atoms with E-state index in [1.165, 1.54) is 17.7 Å². The molecule has 1 saturated carbocycles. The van der Waals surface area contributed by atoms with Gasteiger partial charge in [-0.15, -0.1) is 0 Å². The molecule has 1 atom stereocenters. The van der Waals surface area contributed by atoms with Crippen LogP contribution in [0, 0.1) is 24.0 Å². The number of piperazine rings is 1. The molecule has 1 amide bonds. The first-order valence-corrected chi connectivity index (χ1v) is 13.1. The molecular formula is C29H32F4N4O2. The van der Waals surface area contributed by atoms with Crippen LogP contribution in [0.2, 0.25) is 0 Å². The predicted octanol–water partition coefficient (Wildman–Crippen LogP) is 5.68. The maximum absolute atomic E-state index is 16.4. The van der Waals surface area contributed by atoms with Crippen molar-refractivity contribution in [3.8, 4) is 0 Å². The van der Waals surface area contributed by atoms with Gasteiger partial charge in [-0.1, -0.05) is 13.0 Å². The van der Waals surface area contributed by atoms with Gasteiger partial charge in [-0.2, -0.15) is 0 Å². The normalized spacial score (nSPS) is 17.6. The van der Waals surface area contributed by atoms with Gasteiger partial charge in [-0.25, -0.2) is 17.6 Å². The molecule has 2 fully saturated rings. The number of pyridine rings is 1. The Bertz CT molecular complexity index is 1510. The zero-order valence-corrected chi connectivity index (χ0v) is 22.5. The van der Waals surface area contributed by atoms with Gasteiger partial charge in [-0.3, -0.25) is 14.2 Å². The van der Waals surface area contributed by atoms with E-state index in [0.717, 1.165) is 25.0 Å². The minimum atomic E-state index is -2.91. The molecule has 1 aliphatic carbocycles. The first-order chi connectivity index (χ1) is 18.4. The Morgan fingerprint density at radius 1 is 1.03 bits per heavy atom. The van der Waals surface area contributed by atoms with Gasteiger partial charge in [-0.05, 0) is 62.1 Å². The fourth-order valence-electron chi connectivity index (χ4n) is 5.52. The summed E-state index contributed by atoms with van der Waals surface area (Å²) in [5.74, 6) is -1.11. The number of aryl methyl sites for hydroxylation is 1. The molecule has 1 aromatic heterocycles. The van der Waals surface area contributed by atoms with Crippen molar-refractivity contribution in [3.63, 3.8) is 0 Å². The Morgan fingerprint density at radius 3 is 2.31 bits per heavy atom. The molecular weight excluding hydrogens is 512 g/mol. The Hall–Kier alpha value is -3.56. The molecule has 0 radical (unpaired) electrons. The van der Waals surface area contributed by atoms with Gasteiger partial charge < -0.3 is 15.1 Å². The van der Waals surface area contributed by atoms with E-state index in [4.69, 9.17) is 0 Å². The van der Waals surface area contributed by atoms with Crippen LogP contribution < -0.4 is 15.8 Å². The molecule has 2 aliphatic rings. The lowest BCUT2D eigenvalue weighted by atomic mass is 9.96. The van der Waals surface area contributed by atoms with Crippen molar-refractivity contribution in [1.82, 2.24) is 9.47 Å². The van der Waals surface area contributed by atoms with Gasteiger partial charge in [0, 0.05) is 61.3 Å². The van der Waals surface area contributed by atoms with E-state index in [2.05, 4.69) is 5.32 Å². The van der Waals surface area contributed by atoms with Gasteiger partial charge in [0.25, 0.3) is 12.0 Å². The molecule has 0 spiro atoms. The Morgan fingerprint density at radius 2 is 1.69 bits per heavy atom. The van der Waals surface area contributed by atoms with Gasteiger partial charge in [0.15, 0.2) is 5.82 Å². The number of anilines is 2. The minimum absolute atomic E-state index is 0.0307. The quantitative estimate of drug-likeness (QED) is 0.406. The highest BCUT2D eigenvalue weighted by molar-refractivity contribution is 5.90. The second kappa shape index (κ2) is 9.88. The van der Waals surface area contributed by atoms with Gasteiger partial charge >= 0.3 is 0 Å². The molecule has 6 nitrogen and oxygen atoms in total. The standard InChI is InChI=1S/C29H32F4N4O2/c1-16-13-19(17(2)34-22-6-5-18(30)15-20(22)25(32)33)23-21(14-16)27(38)35(4)26(24(23)31)36-9-11-37(12-10-36)28(39)29(3)7-8-29/h5-6,13-15,17,25,34H,7-12H2,1-4H3. The number of carbonyl (C=O) groups is 1. The van der Waals surface area contributed by atoms with E-state index < -0.39 is 29.7 Å². The third-order valence-electron chi connectivity index (χ3n) is 8.05. The largest absolute Gasteiger partial charge is 0.378 e. The van der Waals surface area contributed by atoms with E-state index in [0.29, 0.717) is 37.3 Å². The zero-order chi connectivity index (χ0) is 28.2. The van der Waals surface area contributed by atoms with Crippen LogP contribution in [0.3, 0.4) is 0 Å². The summed E-state index contributed by atoms with van der Waals surface area (Å²) in [4.78, 5) is 29.8. The molecule has 1 N–H and O–H groups in total. The van der Waals surface area contributed by atoms with E-state index in [9.17, 15) is 22.8 Å². The highest BCUT2D eigenvalue weighted by Gasteiger charge is 2.47. The average molecular weight is 545 g/mol. The molecule has 5 rings (SSSR count).